The number of esters is 1. The maximum absolute atomic E-state index is 11.6. The molecule has 0 radical (unpaired) electrons. The van der Waals surface area contributed by atoms with Gasteiger partial charge in [-0.2, -0.15) is 0 Å². The molecule has 0 saturated heterocycles. The highest BCUT2D eigenvalue weighted by molar-refractivity contribution is 5.94. The van der Waals surface area contributed by atoms with Gasteiger partial charge < -0.3 is 14.8 Å². The van der Waals surface area contributed by atoms with E-state index in [9.17, 15) is 9.59 Å². The number of benzene rings is 2. The molecule has 132 valence electrons. The van der Waals surface area contributed by atoms with E-state index in [0.717, 1.165) is 29.9 Å². The minimum Gasteiger partial charge on any atom is -0.466 e. The Kier molecular flexibility index (Phi) is 7.50. The zero-order valence-electron chi connectivity index (χ0n) is 14.4. The summed E-state index contributed by atoms with van der Waals surface area (Å²) in [6.07, 6.45) is 1.36. The Labute approximate surface area is 148 Å². The molecular weight excluding hydrogens is 318 g/mol. The van der Waals surface area contributed by atoms with E-state index in [0.29, 0.717) is 6.54 Å². The van der Waals surface area contributed by atoms with Crippen molar-refractivity contribution >= 4 is 11.9 Å². The highest BCUT2D eigenvalue weighted by Gasteiger charge is 2.09. The molecule has 5 nitrogen and oxygen atoms in total. The van der Waals surface area contributed by atoms with Crippen molar-refractivity contribution in [1.82, 2.24) is 5.32 Å². The first-order valence-electron chi connectivity index (χ1n) is 8.41. The predicted octanol–water partition coefficient (Wildman–Crippen LogP) is 3.48. The van der Waals surface area contributed by atoms with E-state index in [1.165, 1.54) is 0 Å². The van der Waals surface area contributed by atoms with Crippen LogP contribution in [0.1, 0.15) is 25.3 Å². The summed E-state index contributed by atoms with van der Waals surface area (Å²) in [5.41, 5.74) is 1.13. The van der Waals surface area contributed by atoms with Crippen molar-refractivity contribution < 1.29 is 19.1 Å². The van der Waals surface area contributed by atoms with Crippen LogP contribution >= 0.6 is 0 Å². The Balaban J connectivity index is 1.73. The Morgan fingerprint density at radius 3 is 2.52 bits per heavy atom. The van der Waals surface area contributed by atoms with Gasteiger partial charge in [0.1, 0.15) is 17.9 Å². The largest absolute Gasteiger partial charge is 0.466 e. The normalized spacial score (nSPS) is 10.1. The first-order valence-corrected chi connectivity index (χ1v) is 8.41. The van der Waals surface area contributed by atoms with E-state index in [2.05, 4.69) is 5.32 Å². The van der Waals surface area contributed by atoms with Gasteiger partial charge in [0, 0.05) is 6.54 Å². The molecule has 0 aromatic heterocycles. The van der Waals surface area contributed by atoms with Gasteiger partial charge in [0.2, 0.25) is 5.91 Å². The zero-order valence-corrected chi connectivity index (χ0v) is 14.4. The lowest BCUT2D eigenvalue weighted by molar-refractivity contribution is -0.145. The summed E-state index contributed by atoms with van der Waals surface area (Å²) in [6.45, 7) is 2.51. The van der Waals surface area contributed by atoms with Crippen molar-refractivity contribution in [2.45, 2.75) is 26.2 Å². The molecule has 25 heavy (non-hydrogen) atoms. The van der Waals surface area contributed by atoms with Gasteiger partial charge in [-0.1, -0.05) is 30.3 Å². The van der Waals surface area contributed by atoms with Gasteiger partial charge >= 0.3 is 5.97 Å². The summed E-state index contributed by atoms with van der Waals surface area (Å²) in [6, 6.07) is 17.5. The van der Waals surface area contributed by atoms with Crippen LogP contribution in [0.25, 0.3) is 0 Å². The molecule has 2 aromatic rings. The quantitative estimate of drug-likeness (QED) is 0.431. The van der Waals surface area contributed by atoms with E-state index in [1.54, 1.807) is 6.92 Å². The minimum absolute atomic E-state index is 0.228. The van der Waals surface area contributed by atoms with Crippen LogP contribution in [0, 0.1) is 0 Å². The van der Waals surface area contributed by atoms with Crippen molar-refractivity contribution in [3.63, 3.8) is 0 Å². The molecule has 0 bridgehead atoms. The Bertz CT molecular complexity index is 685. The lowest BCUT2D eigenvalue weighted by Gasteiger charge is -2.08. The molecule has 1 amide bonds. The van der Waals surface area contributed by atoms with Crippen LogP contribution < -0.4 is 10.1 Å². The summed E-state index contributed by atoms with van der Waals surface area (Å²) in [7, 11) is 0. The average molecular weight is 341 g/mol. The van der Waals surface area contributed by atoms with Crippen molar-refractivity contribution in [2.24, 2.45) is 0 Å². The average Bonchev–Trinajstić information content (AvgIpc) is 2.60. The number of para-hydroxylation sites is 1. The van der Waals surface area contributed by atoms with Crippen LogP contribution in [0.4, 0.5) is 0 Å². The molecule has 0 spiro atoms. The molecule has 5 heteroatoms. The van der Waals surface area contributed by atoms with Gasteiger partial charge in [0.05, 0.1) is 6.61 Å². The molecule has 0 heterocycles. The Morgan fingerprint density at radius 1 is 1.00 bits per heavy atom. The molecule has 0 atom stereocenters. The third kappa shape index (κ3) is 7.08. The fourth-order valence-electron chi connectivity index (χ4n) is 2.32. The number of carbonyl (C=O) groups is 2. The fourth-order valence-corrected chi connectivity index (χ4v) is 2.32. The molecule has 2 rings (SSSR count). The van der Waals surface area contributed by atoms with Crippen LogP contribution in [0.3, 0.4) is 0 Å². The SMILES string of the molecule is CCOC(=O)CC(=O)NCCCc1cccc(Oc2ccccc2)c1. The first-order chi connectivity index (χ1) is 12.2. The molecule has 0 saturated carbocycles. The fraction of sp³-hybridized carbons (Fsp3) is 0.300. The summed E-state index contributed by atoms with van der Waals surface area (Å²) < 4.78 is 10.5. The van der Waals surface area contributed by atoms with Crippen molar-refractivity contribution in [2.75, 3.05) is 13.2 Å². The third-order valence-electron chi connectivity index (χ3n) is 3.45. The molecule has 2 aromatic carbocycles. The van der Waals surface area contributed by atoms with Gasteiger partial charge in [-0.15, -0.1) is 0 Å². The second-order valence-electron chi connectivity index (χ2n) is 5.50. The van der Waals surface area contributed by atoms with Crippen LogP contribution in [0.15, 0.2) is 54.6 Å². The number of hydrogen-bond acceptors (Lipinski definition) is 4. The highest BCUT2D eigenvalue weighted by Crippen LogP contribution is 2.22. The van der Waals surface area contributed by atoms with Gasteiger partial charge in [-0.3, -0.25) is 9.59 Å². The number of carbonyl (C=O) groups excluding carboxylic acids is 2. The number of rotatable bonds is 9. The second kappa shape index (κ2) is 10.1. The van der Waals surface area contributed by atoms with Crippen molar-refractivity contribution in [1.29, 1.82) is 0 Å². The maximum atomic E-state index is 11.6. The van der Waals surface area contributed by atoms with Crippen molar-refractivity contribution in [3.8, 4) is 11.5 Å². The number of ether oxygens (including phenoxy) is 2. The molecular formula is C20H23NO4. The van der Waals surface area contributed by atoms with Crippen LogP contribution in [0.5, 0.6) is 11.5 Å². The molecule has 0 aliphatic carbocycles. The summed E-state index contributed by atoms with van der Waals surface area (Å²) in [5.74, 6) is 0.784. The van der Waals surface area contributed by atoms with E-state index in [4.69, 9.17) is 9.47 Å². The predicted molar refractivity (Wildman–Crippen MR) is 95.5 cm³/mol. The number of amides is 1. The lowest BCUT2D eigenvalue weighted by Crippen LogP contribution is -2.27. The van der Waals surface area contributed by atoms with Crippen LogP contribution in [0.2, 0.25) is 0 Å². The van der Waals surface area contributed by atoms with E-state index < -0.39 is 5.97 Å². The third-order valence-corrected chi connectivity index (χ3v) is 3.45. The van der Waals surface area contributed by atoms with Crippen molar-refractivity contribution in [3.05, 3.63) is 60.2 Å². The number of nitrogens with one attached hydrogen (secondary N) is 1. The van der Waals surface area contributed by atoms with E-state index in [-0.39, 0.29) is 18.9 Å². The maximum Gasteiger partial charge on any atom is 0.315 e. The highest BCUT2D eigenvalue weighted by atomic mass is 16.5. The monoisotopic (exact) mass is 341 g/mol. The van der Waals surface area contributed by atoms with E-state index in [1.807, 2.05) is 54.6 Å². The first kappa shape index (κ1) is 18.5. The summed E-state index contributed by atoms with van der Waals surface area (Å²) in [5, 5.41) is 2.73. The van der Waals surface area contributed by atoms with E-state index >= 15 is 0 Å². The topological polar surface area (TPSA) is 64.6 Å². The minimum atomic E-state index is -0.495. The zero-order chi connectivity index (χ0) is 17.9. The number of hydrogen-bond donors (Lipinski definition) is 1. The van der Waals surface area contributed by atoms with Gasteiger partial charge in [0.25, 0.3) is 0 Å². The van der Waals surface area contributed by atoms with Gasteiger partial charge in [-0.25, -0.2) is 0 Å². The number of aryl methyl sites for hydroxylation is 1. The van der Waals surface area contributed by atoms with Gasteiger partial charge in [-0.05, 0) is 49.6 Å². The molecule has 0 unspecified atom stereocenters. The Hall–Kier alpha value is -2.82. The van der Waals surface area contributed by atoms with Gasteiger partial charge in [0.15, 0.2) is 0 Å². The smallest absolute Gasteiger partial charge is 0.315 e. The molecule has 0 aliphatic heterocycles. The lowest BCUT2D eigenvalue weighted by atomic mass is 10.1. The molecule has 0 fully saturated rings. The molecule has 1 N–H and O–H groups in total. The second-order valence-corrected chi connectivity index (χ2v) is 5.50. The summed E-state index contributed by atoms with van der Waals surface area (Å²) >= 11 is 0. The Morgan fingerprint density at radius 2 is 1.76 bits per heavy atom. The standard InChI is InChI=1S/C20H23NO4/c1-2-24-20(23)15-19(22)21-13-7-9-16-8-6-12-18(14-16)25-17-10-4-3-5-11-17/h3-6,8,10-12,14H,2,7,9,13,15H2,1H3,(H,21,22). The molecule has 0 aliphatic rings. The van der Waals surface area contributed by atoms with Crippen LogP contribution in [-0.2, 0) is 20.7 Å². The summed E-state index contributed by atoms with van der Waals surface area (Å²) in [4.78, 5) is 22.8. The van der Waals surface area contributed by atoms with Crippen LogP contribution in [-0.4, -0.2) is 25.0 Å².